The van der Waals surface area contributed by atoms with Crippen LogP contribution in [0.25, 0.3) is 0 Å². The molecule has 60 valence electrons. The zero-order chi connectivity index (χ0) is 6.69. The van der Waals surface area contributed by atoms with Crippen molar-refractivity contribution in [1.29, 1.82) is 5.26 Å². The van der Waals surface area contributed by atoms with Gasteiger partial charge >= 0.3 is 0 Å². The smallest absolute Gasteiger partial charge is 0.0994 e. The molecule has 0 aliphatic carbocycles. The van der Waals surface area contributed by atoms with Crippen LogP contribution in [0.4, 0.5) is 0 Å². The molecule has 0 amide bonds. The van der Waals surface area contributed by atoms with E-state index in [-0.39, 0.29) is 12.3 Å². The Bertz CT molecular complexity index is 250. The van der Waals surface area contributed by atoms with Crippen molar-refractivity contribution in [3.63, 3.8) is 0 Å². The molecule has 0 heterocycles. The van der Waals surface area contributed by atoms with Gasteiger partial charge < -0.3 is 12.3 Å². The Kier molecular flexibility index (Phi) is 6.07. The minimum Gasteiger partial charge on any atom is -0.344 e. The molecular weight excluding hydrogens is 138 g/mol. The fraction of sp³-hybridized carbons (Fsp3) is 0.125. The maximum atomic E-state index is 8.47. The largest absolute Gasteiger partial charge is 0.344 e. The molecule has 0 aromatic heterocycles. The minimum atomic E-state index is 0. The zero-order valence-electron chi connectivity index (χ0n) is 6.67. The second kappa shape index (κ2) is 5.42. The summed E-state index contributed by atoms with van der Waals surface area (Å²) in [6.45, 7) is 1.93. The summed E-state index contributed by atoms with van der Waals surface area (Å²) < 4.78 is 0. The molecule has 0 saturated carbocycles. The van der Waals surface area contributed by atoms with Crippen molar-refractivity contribution in [3.8, 4) is 6.07 Å². The number of nitrogens with zero attached hydrogens (tertiary/aromatic N) is 1. The Balaban J connectivity index is 0. The van der Waals surface area contributed by atoms with Gasteiger partial charge in [0.05, 0.1) is 11.6 Å². The highest BCUT2D eigenvalue weighted by atomic mass is 14.2. The highest BCUT2D eigenvalue weighted by Gasteiger charge is 1.89. The number of hydrogen-bond donors (Lipinski definition) is 2. The number of hydrogen-bond acceptors (Lipinski definition) is 3. The van der Waals surface area contributed by atoms with Gasteiger partial charge in [-0.3, -0.25) is 0 Å². The lowest BCUT2D eigenvalue weighted by molar-refractivity contribution is 1.39. The van der Waals surface area contributed by atoms with Crippen LogP contribution in [0, 0.1) is 18.3 Å². The number of nitriles is 1. The molecule has 0 aliphatic heterocycles. The number of benzene rings is 1. The van der Waals surface area contributed by atoms with Gasteiger partial charge in [-0.15, -0.1) is 0 Å². The standard InChI is InChI=1S/C8H7N.2H3N/c1-7-4-2-3-5-8(7)6-9;;/h2-5H,1H3;2*1H3. The molecule has 1 rings (SSSR count). The van der Waals surface area contributed by atoms with Gasteiger partial charge in [0.1, 0.15) is 0 Å². The number of aryl methyl sites for hydroxylation is 1. The maximum Gasteiger partial charge on any atom is 0.0994 e. The van der Waals surface area contributed by atoms with Gasteiger partial charge in [0.25, 0.3) is 0 Å². The van der Waals surface area contributed by atoms with E-state index < -0.39 is 0 Å². The molecule has 0 unspecified atom stereocenters. The summed E-state index contributed by atoms with van der Waals surface area (Å²) in [5, 5.41) is 8.47. The molecule has 3 nitrogen and oxygen atoms in total. The molecule has 0 atom stereocenters. The van der Waals surface area contributed by atoms with Crippen LogP contribution in [-0.4, -0.2) is 0 Å². The Labute approximate surface area is 66.8 Å². The Morgan fingerprint density at radius 3 is 2.09 bits per heavy atom. The van der Waals surface area contributed by atoms with E-state index in [1.165, 1.54) is 0 Å². The molecule has 0 aliphatic rings. The number of rotatable bonds is 0. The second-order valence-electron chi connectivity index (χ2n) is 1.93. The SMILES string of the molecule is Cc1ccccc1C#N.N.N. The molecule has 0 fully saturated rings. The van der Waals surface area contributed by atoms with E-state index in [1.54, 1.807) is 0 Å². The van der Waals surface area contributed by atoms with Gasteiger partial charge in [-0.05, 0) is 18.6 Å². The fourth-order valence-corrected chi connectivity index (χ4v) is 0.698. The summed E-state index contributed by atoms with van der Waals surface area (Å²) in [5.41, 5.74) is 1.80. The topological polar surface area (TPSA) is 93.8 Å². The van der Waals surface area contributed by atoms with E-state index in [4.69, 9.17) is 5.26 Å². The van der Waals surface area contributed by atoms with Crippen LogP contribution in [-0.2, 0) is 0 Å². The Morgan fingerprint density at radius 2 is 1.73 bits per heavy atom. The Hall–Kier alpha value is -1.37. The molecule has 0 bridgehead atoms. The zero-order valence-corrected chi connectivity index (χ0v) is 6.67. The monoisotopic (exact) mass is 151 g/mol. The molecule has 6 N–H and O–H groups in total. The average Bonchev–Trinajstić information content (AvgIpc) is 1.89. The summed E-state index contributed by atoms with van der Waals surface area (Å²) in [6.07, 6.45) is 0. The minimum absolute atomic E-state index is 0. The van der Waals surface area contributed by atoms with Gasteiger partial charge in [-0.2, -0.15) is 5.26 Å². The van der Waals surface area contributed by atoms with Crippen LogP contribution in [0.5, 0.6) is 0 Å². The van der Waals surface area contributed by atoms with Crippen LogP contribution in [0.1, 0.15) is 11.1 Å². The van der Waals surface area contributed by atoms with E-state index in [9.17, 15) is 0 Å². The lowest BCUT2D eigenvalue weighted by Crippen LogP contribution is -1.77. The van der Waals surface area contributed by atoms with Crippen LogP contribution < -0.4 is 12.3 Å². The fourth-order valence-electron chi connectivity index (χ4n) is 0.698. The predicted molar refractivity (Wildman–Crippen MR) is 45.9 cm³/mol. The third-order valence-corrected chi connectivity index (χ3v) is 1.27. The van der Waals surface area contributed by atoms with Crippen LogP contribution >= 0.6 is 0 Å². The molecule has 1 aromatic rings. The van der Waals surface area contributed by atoms with Crippen LogP contribution in [0.15, 0.2) is 24.3 Å². The van der Waals surface area contributed by atoms with Crippen molar-refractivity contribution in [2.45, 2.75) is 6.92 Å². The van der Waals surface area contributed by atoms with Gasteiger partial charge in [0.2, 0.25) is 0 Å². The van der Waals surface area contributed by atoms with Crippen molar-refractivity contribution in [3.05, 3.63) is 35.4 Å². The highest BCUT2D eigenvalue weighted by molar-refractivity contribution is 5.35. The molecule has 1 aromatic carbocycles. The first-order valence-electron chi connectivity index (χ1n) is 2.80. The predicted octanol–water partition coefficient (Wildman–Crippen LogP) is 2.19. The third kappa shape index (κ3) is 2.80. The molecule has 0 saturated heterocycles. The van der Waals surface area contributed by atoms with E-state index in [0.29, 0.717) is 0 Å². The van der Waals surface area contributed by atoms with Gasteiger partial charge in [-0.25, -0.2) is 0 Å². The molecular formula is C8H13N3. The van der Waals surface area contributed by atoms with Crippen molar-refractivity contribution < 1.29 is 0 Å². The first-order valence-corrected chi connectivity index (χ1v) is 2.80. The van der Waals surface area contributed by atoms with Gasteiger partial charge in [0.15, 0.2) is 0 Å². The van der Waals surface area contributed by atoms with E-state index >= 15 is 0 Å². The highest BCUT2D eigenvalue weighted by Crippen LogP contribution is 2.03. The molecule has 0 radical (unpaired) electrons. The average molecular weight is 151 g/mol. The normalized spacial score (nSPS) is 6.91. The van der Waals surface area contributed by atoms with E-state index in [2.05, 4.69) is 6.07 Å². The first-order chi connectivity index (χ1) is 4.34. The maximum absolute atomic E-state index is 8.47. The second-order valence-corrected chi connectivity index (χ2v) is 1.93. The quantitative estimate of drug-likeness (QED) is 0.595. The summed E-state index contributed by atoms with van der Waals surface area (Å²) in [5.74, 6) is 0. The summed E-state index contributed by atoms with van der Waals surface area (Å²) in [4.78, 5) is 0. The van der Waals surface area contributed by atoms with Crippen molar-refractivity contribution in [2.24, 2.45) is 0 Å². The lowest BCUT2D eigenvalue weighted by atomic mass is 10.1. The van der Waals surface area contributed by atoms with E-state index in [1.807, 2.05) is 31.2 Å². The molecule has 3 heteroatoms. The first kappa shape index (κ1) is 12.3. The molecule has 11 heavy (non-hydrogen) atoms. The third-order valence-electron chi connectivity index (χ3n) is 1.27. The Morgan fingerprint density at radius 1 is 1.18 bits per heavy atom. The summed E-state index contributed by atoms with van der Waals surface area (Å²) in [7, 11) is 0. The van der Waals surface area contributed by atoms with Crippen molar-refractivity contribution in [1.82, 2.24) is 12.3 Å². The summed E-state index contributed by atoms with van der Waals surface area (Å²) >= 11 is 0. The summed E-state index contributed by atoms with van der Waals surface area (Å²) in [6, 6.07) is 9.63. The van der Waals surface area contributed by atoms with Gasteiger partial charge in [0, 0.05) is 0 Å². The van der Waals surface area contributed by atoms with Crippen molar-refractivity contribution >= 4 is 0 Å². The van der Waals surface area contributed by atoms with Crippen molar-refractivity contribution in [2.75, 3.05) is 0 Å². The van der Waals surface area contributed by atoms with E-state index in [0.717, 1.165) is 11.1 Å². The molecule has 0 spiro atoms. The van der Waals surface area contributed by atoms with Gasteiger partial charge in [-0.1, -0.05) is 18.2 Å². The van der Waals surface area contributed by atoms with Crippen LogP contribution in [0.3, 0.4) is 0 Å². The lowest BCUT2D eigenvalue weighted by Gasteiger charge is -1.90. The van der Waals surface area contributed by atoms with Crippen LogP contribution in [0.2, 0.25) is 0 Å².